The minimum Gasteiger partial charge on any atom is -0.456 e. The first-order valence-corrected chi connectivity index (χ1v) is 12.4. The van der Waals surface area contributed by atoms with Crippen molar-refractivity contribution in [2.45, 2.75) is 0 Å². The first-order valence-electron chi connectivity index (χ1n) is 12.4. The Bertz CT molecular complexity index is 2140. The van der Waals surface area contributed by atoms with E-state index in [0.29, 0.717) is 0 Å². The van der Waals surface area contributed by atoms with E-state index in [1.54, 1.807) is 0 Å². The summed E-state index contributed by atoms with van der Waals surface area (Å²) in [4.78, 5) is 9.87. The predicted molar refractivity (Wildman–Crippen MR) is 153 cm³/mol. The molecular formula is C34H20N2O. The van der Waals surface area contributed by atoms with Crippen LogP contribution in [0, 0.1) is 0 Å². The van der Waals surface area contributed by atoms with Crippen LogP contribution in [0.2, 0.25) is 0 Å². The highest BCUT2D eigenvalue weighted by atomic mass is 16.3. The molecule has 0 atom stereocenters. The van der Waals surface area contributed by atoms with Crippen LogP contribution >= 0.6 is 0 Å². The topological polar surface area (TPSA) is 38.9 Å². The van der Waals surface area contributed by atoms with Gasteiger partial charge < -0.3 is 4.42 Å². The average molecular weight is 473 g/mol. The molecule has 8 aromatic rings. The third-order valence-electron chi connectivity index (χ3n) is 7.31. The molecule has 0 N–H and O–H groups in total. The highest BCUT2D eigenvalue weighted by Gasteiger charge is 2.11. The molecule has 0 aliphatic heterocycles. The molecule has 0 amide bonds. The summed E-state index contributed by atoms with van der Waals surface area (Å²) in [7, 11) is 0. The number of furan rings is 1. The summed E-state index contributed by atoms with van der Waals surface area (Å²) in [5.74, 6) is 0. The number of pyridine rings is 2. The normalized spacial score (nSPS) is 11.8. The molecule has 0 saturated heterocycles. The van der Waals surface area contributed by atoms with Gasteiger partial charge in [0.05, 0.1) is 16.7 Å². The molecule has 172 valence electrons. The van der Waals surface area contributed by atoms with E-state index in [1.165, 1.54) is 10.9 Å². The predicted octanol–water partition coefficient (Wildman–Crippen LogP) is 9.17. The number of para-hydroxylation sites is 1. The molecule has 0 bridgehead atoms. The first-order chi connectivity index (χ1) is 18.3. The van der Waals surface area contributed by atoms with Crippen LogP contribution in [0.25, 0.3) is 76.9 Å². The van der Waals surface area contributed by atoms with Crippen LogP contribution in [0.5, 0.6) is 0 Å². The molecule has 37 heavy (non-hydrogen) atoms. The highest BCUT2D eigenvalue weighted by Crippen LogP contribution is 2.34. The maximum atomic E-state index is 6.00. The molecule has 3 nitrogen and oxygen atoms in total. The fourth-order valence-electron chi connectivity index (χ4n) is 5.41. The van der Waals surface area contributed by atoms with Gasteiger partial charge >= 0.3 is 0 Å². The van der Waals surface area contributed by atoms with Crippen LogP contribution in [0.4, 0.5) is 0 Å². The van der Waals surface area contributed by atoms with Gasteiger partial charge in [-0.2, -0.15) is 0 Å². The lowest BCUT2D eigenvalue weighted by atomic mass is 10.00. The van der Waals surface area contributed by atoms with Gasteiger partial charge in [-0.05, 0) is 40.8 Å². The van der Waals surface area contributed by atoms with Crippen molar-refractivity contribution in [1.29, 1.82) is 0 Å². The van der Waals surface area contributed by atoms with Gasteiger partial charge in [0, 0.05) is 38.7 Å². The number of benzene rings is 5. The number of hydrogen-bond donors (Lipinski definition) is 0. The molecule has 0 spiro atoms. The maximum absolute atomic E-state index is 6.00. The largest absolute Gasteiger partial charge is 0.456 e. The van der Waals surface area contributed by atoms with Crippen LogP contribution in [-0.4, -0.2) is 9.97 Å². The van der Waals surface area contributed by atoms with Crippen LogP contribution in [0.1, 0.15) is 0 Å². The summed E-state index contributed by atoms with van der Waals surface area (Å²) in [6.45, 7) is 0. The Hall–Kier alpha value is -5.02. The Labute approximate surface area is 212 Å². The Balaban J connectivity index is 1.22. The zero-order valence-corrected chi connectivity index (χ0v) is 19.8. The van der Waals surface area contributed by atoms with Gasteiger partial charge in [-0.3, -0.25) is 4.98 Å². The quantitative estimate of drug-likeness (QED) is 0.235. The van der Waals surface area contributed by atoms with E-state index in [4.69, 9.17) is 14.4 Å². The second kappa shape index (κ2) is 7.74. The van der Waals surface area contributed by atoms with Crippen molar-refractivity contribution >= 4 is 54.5 Å². The van der Waals surface area contributed by atoms with Crippen LogP contribution < -0.4 is 0 Å². The van der Waals surface area contributed by atoms with Crippen LogP contribution in [-0.2, 0) is 0 Å². The monoisotopic (exact) mass is 472 g/mol. The third kappa shape index (κ3) is 3.14. The Morgan fingerprint density at radius 2 is 1.19 bits per heavy atom. The average Bonchev–Trinajstić information content (AvgIpc) is 3.34. The SMILES string of the molecule is c1ccc2c(c1)cnc1c2ccc2ccc(-c3ccc(-c4ccc5oc6ccccc6c5c4)cc3)nc21. The Kier molecular flexibility index (Phi) is 4.23. The Morgan fingerprint density at radius 1 is 0.459 bits per heavy atom. The fraction of sp³-hybridized carbons (Fsp3) is 0. The maximum Gasteiger partial charge on any atom is 0.135 e. The van der Waals surface area contributed by atoms with E-state index < -0.39 is 0 Å². The van der Waals surface area contributed by atoms with Crippen molar-refractivity contribution in [3.8, 4) is 22.4 Å². The van der Waals surface area contributed by atoms with Crippen molar-refractivity contribution in [3.05, 3.63) is 121 Å². The Morgan fingerprint density at radius 3 is 2.11 bits per heavy atom. The second-order valence-corrected chi connectivity index (χ2v) is 9.46. The molecule has 3 heteroatoms. The van der Waals surface area contributed by atoms with Crippen LogP contribution in [0.15, 0.2) is 126 Å². The molecule has 0 aliphatic rings. The van der Waals surface area contributed by atoms with E-state index in [1.807, 2.05) is 24.4 Å². The van der Waals surface area contributed by atoms with Gasteiger partial charge in [-0.15, -0.1) is 0 Å². The molecule has 0 fully saturated rings. The van der Waals surface area contributed by atoms with Crippen molar-refractivity contribution in [1.82, 2.24) is 9.97 Å². The van der Waals surface area contributed by atoms with Crippen molar-refractivity contribution in [2.24, 2.45) is 0 Å². The summed E-state index contributed by atoms with van der Waals surface area (Å²) in [6, 6.07) is 40.1. The van der Waals surface area contributed by atoms with Crippen molar-refractivity contribution in [3.63, 3.8) is 0 Å². The van der Waals surface area contributed by atoms with Gasteiger partial charge in [0.15, 0.2) is 0 Å². The lowest BCUT2D eigenvalue weighted by molar-refractivity contribution is 0.669. The molecule has 3 aromatic heterocycles. The lowest BCUT2D eigenvalue weighted by Gasteiger charge is -2.09. The van der Waals surface area contributed by atoms with Crippen molar-refractivity contribution in [2.75, 3.05) is 0 Å². The molecule has 0 saturated carbocycles. The van der Waals surface area contributed by atoms with E-state index >= 15 is 0 Å². The minimum absolute atomic E-state index is 0.913. The molecule has 3 heterocycles. The minimum atomic E-state index is 0.913. The summed E-state index contributed by atoms with van der Waals surface area (Å²) < 4.78 is 6.00. The first kappa shape index (κ1) is 20.2. The third-order valence-corrected chi connectivity index (χ3v) is 7.31. The number of fused-ring (bicyclic) bond motifs is 8. The highest BCUT2D eigenvalue weighted by molar-refractivity contribution is 6.14. The fourth-order valence-corrected chi connectivity index (χ4v) is 5.41. The molecule has 0 aliphatic carbocycles. The summed E-state index contributed by atoms with van der Waals surface area (Å²) in [5.41, 5.74) is 8.06. The number of rotatable bonds is 2. The van der Waals surface area contributed by atoms with E-state index in [0.717, 1.165) is 66.0 Å². The van der Waals surface area contributed by atoms with Gasteiger partial charge in [0.1, 0.15) is 11.2 Å². The zero-order valence-electron chi connectivity index (χ0n) is 19.8. The standard InChI is InChI=1S/C34H20N2O/c1-2-6-26-25(5-1)20-35-34-28(26)16-13-23-14-17-30(36-33(23)34)22-11-9-21(10-12-22)24-15-18-32-29(19-24)27-7-3-4-8-31(27)37-32/h1-20H. The molecule has 0 unspecified atom stereocenters. The molecule has 8 rings (SSSR count). The summed E-state index contributed by atoms with van der Waals surface area (Å²) >= 11 is 0. The van der Waals surface area contributed by atoms with Gasteiger partial charge in [0.25, 0.3) is 0 Å². The van der Waals surface area contributed by atoms with E-state index in [2.05, 4.69) is 97.1 Å². The van der Waals surface area contributed by atoms with Crippen LogP contribution in [0.3, 0.4) is 0 Å². The molecular weight excluding hydrogens is 452 g/mol. The number of hydrogen-bond acceptors (Lipinski definition) is 3. The van der Waals surface area contributed by atoms with Gasteiger partial charge in [-0.25, -0.2) is 4.98 Å². The smallest absolute Gasteiger partial charge is 0.135 e. The van der Waals surface area contributed by atoms with Gasteiger partial charge in [0.2, 0.25) is 0 Å². The zero-order chi connectivity index (χ0) is 24.3. The summed E-state index contributed by atoms with van der Waals surface area (Å²) in [6.07, 6.45) is 1.94. The summed E-state index contributed by atoms with van der Waals surface area (Å²) in [5, 5.41) is 6.85. The lowest BCUT2D eigenvalue weighted by Crippen LogP contribution is -1.90. The molecule has 0 radical (unpaired) electrons. The van der Waals surface area contributed by atoms with E-state index in [9.17, 15) is 0 Å². The number of aromatic nitrogens is 2. The van der Waals surface area contributed by atoms with Crippen molar-refractivity contribution < 1.29 is 4.42 Å². The second-order valence-electron chi connectivity index (χ2n) is 9.46. The van der Waals surface area contributed by atoms with Gasteiger partial charge in [-0.1, -0.05) is 91.0 Å². The van der Waals surface area contributed by atoms with E-state index in [-0.39, 0.29) is 0 Å². The number of nitrogens with zero attached hydrogens (tertiary/aromatic N) is 2. The molecule has 5 aromatic carbocycles.